The Morgan fingerprint density at radius 1 is 1.21 bits per heavy atom. The van der Waals surface area contributed by atoms with Crippen LogP contribution in [0.25, 0.3) is 0 Å². The lowest BCUT2D eigenvalue weighted by molar-refractivity contribution is -0.143. The lowest BCUT2D eigenvalue weighted by Gasteiger charge is -2.46. The van der Waals surface area contributed by atoms with Gasteiger partial charge < -0.3 is 5.11 Å². The number of aliphatic carboxylic acids is 1. The van der Waals surface area contributed by atoms with E-state index in [-0.39, 0.29) is 16.2 Å². The van der Waals surface area contributed by atoms with Crippen molar-refractivity contribution in [3.8, 4) is 0 Å². The van der Waals surface area contributed by atoms with Crippen molar-refractivity contribution in [3.05, 3.63) is 0 Å². The molecule has 1 aliphatic rings. The van der Waals surface area contributed by atoms with Gasteiger partial charge in [-0.25, -0.2) is 4.89 Å². The molecule has 0 aromatic carbocycles. The highest BCUT2D eigenvalue weighted by atomic mass is 31.1. The van der Waals surface area contributed by atoms with Crippen LogP contribution in [0.3, 0.4) is 0 Å². The molecule has 1 heterocycles. The fourth-order valence-corrected chi connectivity index (χ4v) is 4.85. The summed E-state index contributed by atoms with van der Waals surface area (Å²) >= 11 is 0. The van der Waals surface area contributed by atoms with Crippen LogP contribution in [0.2, 0.25) is 0 Å². The lowest BCUT2D eigenvalue weighted by Crippen LogP contribution is -2.41. The Bertz CT molecular complexity index is 230. The molecule has 0 aliphatic carbocycles. The molecule has 0 amide bonds. The number of hydrogen-bond donors (Lipinski definition) is 1. The van der Waals surface area contributed by atoms with Crippen LogP contribution >= 0.6 is 8.15 Å². The maximum absolute atomic E-state index is 12.1. The summed E-state index contributed by atoms with van der Waals surface area (Å²) in [6.07, 6.45) is 1.06. The molecule has 4 heteroatoms. The first-order valence-corrected chi connectivity index (χ1v) is 6.13. The molecule has 0 spiro atoms. The maximum atomic E-state index is 12.1. The number of hydrogen-bond acceptors (Lipinski definition) is 1. The van der Waals surface area contributed by atoms with Gasteiger partial charge in [-0.05, 0) is 12.8 Å². The summed E-state index contributed by atoms with van der Waals surface area (Å²) in [4.78, 5) is 23.0. The SMILES string of the molecule is CC1(C)CC(C(=O)O)CC(C)(C)P1[O]. The highest BCUT2D eigenvalue weighted by Gasteiger charge is 2.50. The van der Waals surface area contributed by atoms with Gasteiger partial charge in [0, 0.05) is 10.3 Å². The van der Waals surface area contributed by atoms with E-state index in [1.165, 1.54) is 0 Å². The number of rotatable bonds is 1. The second kappa shape index (κ2) is 3.46. The van der Waals surface area contributed by atoms with E-state index in [1.54, 1.807) is 0 Å². The zero-order valence-electron chi connectivity index (χ0n) is 9.20. The quantitative estimate of drug-likeness (QED) is 0.686. The molecule has 0 atom stereocenters. The molecule has 0 aromatic heterocycles. The smallest absolute Gasteiger partial charge is 0.306 e. The summed E-state index contributed by atoms with van der Waals surface area (Å²) in [5.74, 6) is -1.10. The zero-order valence-corrected chi connectivity index (χ0v) is 10.1. The normalized spacial score (nSPS) is 35.2. The van der Waals surface area contributed by atoms with Crippen molar-refractivity contribution < 1.29 is 14.8 Å². The van der Waals surface area contributed by atoms with E-state index < -0.39 is 14.1 Å². The molecule has 81 valence electrons. The standard InChI is InChI=1S/C10H18O3P/c1-9(2)5-7(8(11)12)6-10(3,4)14(9)13/h7H,5-6H2,1-4H3,(H,11,12). The van der Waals surface area contributed by atoms with Gasteiger partial charge in [-0.1, -0.05) is 27.7 Å². The number of carboxylic acids is 1. The van der Waals surface area contributed by atoms with Gasteiger partial charge in [-0.15, -0.1) is 0 Å². The Balaban J connectivity index is 2.91. The van der Waals surface area contributed by atoms with E-state index >= 15 is 0 Å². The largest absolute Gasteiger partial charge is 0.481 e. The molecule has 1 radical (unpaired) electrons. The van der Waals surface area contributed by atoms with Crippen LogP contribution in [-0.4, -0.2) is 21.4 Å². The Hall–Kier alpha value is -0.140. The van der Waals surface area contributed by atoms with E-state index in [2.05, 4.69) is 0 Å². The van der Waals surface area contributed by atoms with Crippen molar-refractivity contribution in [2.24, 2.45) is 5.92 Å². The second-order valence-electron chi connectivity index (χ2n) is 5.36. The third-order valence-corrected chi connectivity index (χ3v) is 5.50. The second-order valence-corrected chi connectivity index (χ2v) is 8.37. The van der Waals surface area contributed by atoms with Crippen LogP contribution in [0.4, 0.5) is 0 Å². The fourth-order valence-electron chi connectivity index (χ4n) is 2.44. The minimum absolute atomic E-state index is 0.340. The lowest BCUT2D eigenvalue weighted by atomic mass is 9.87. The van der Waals surface area contributed by atoms with Gasteiger partial charge in [-0.2, -0.15) is 0 Å². The average molecular weight is 217 g/mol. The van der Waals surface area contributed by atoms with Gasteiger partial charge in [0.1, 0.15) is 0 Å². The Morgan fingerprint density at radius 2 is 1.57 bits per heavy atom. The van der Waals surface area contributed by atoms with Crippen molar-refractivity contribution in [2.75, 3.05) is 0 Å². The van der Waals surface area contributed by atoms with Crippen LogP contribution in [0.1, 0.15) is 40.5 Å². The summed E-state index contributed by atoms with van der Waals surface area (Å²) in [5, 5.41) is 8.30. The zero-order chi connectivity index (χ0) is 11.1. The van der Waals surface area contributed by atoms with Crippen LogP contribution in [0.5, 0.6) is 0 Å². The summed E-state index contributed by atoms with van der Waals surface area (Å²) in [6, 6.07) is 0. The van der Waals surface area contributed by atoms with Crippen molar-refractivity contribution in [3.63, 3.8) is 0 Å². The first kappa shape index (κ1) is 11.9. The molecule has 0 saturated carbocycles. The summed E-state index contributed by atoms with van der Waals surface area (Å²) in [5.41, 5.74) is 0. The number of carboxylic acid groups (broad SMARTS) is 1. The third kappa shape index (κ3) is 2.09. The molecule has 1 fully saturated rings. The van der Waals surface area contributed by atoms with Gasteiger partial charge in [0.25, 0.3) is 0 Å². The molecule has 3 nitrogen and oxygen atoms in total. The van der Waals surface area contributed by atoms with Crippen LogP contribution in [0, 0.1) is 5.92 Å². The maximum Gasteiger partial charge on any atom is 0.306 e. The highest BCUT2D eigenvalue weighted by molar-refractivity contribution is 7.54. The van der Waals surface area contributed by atoms with E-state index in [9.17, 15) is 9.69 Å². The minimum Gasteiger partial charge on any atom is -0.481 e. The fraction of sp³-hybridized carbons (Fsp3) is 0.900. The van der Waals surface area contributed by atoms with Gasteiger partial charge in [0.15, 0.2) is 0 Å². The molecular weight excluding hydrogens is 199 g/mol. The Morgan fingerprint density at radius 3 is 1.86 bits per heavy atom. The van der Waals surface area contributed by atoms with E-state index in [0.717, 1.165) is 0 Å². The first-order chi connectivity index (χ1) is 6.17. The molecule has 1 N–H and O–H groups in total. The Labute approximate surface area is 86.4 Å². The third-order valence-electron chi connectivity index (χ3n) is 2.94. The summed E-state index contributed by atoms with van der Waals surface area (Å²) < 4.78 is 0. The highest BCUT2D eigenvalue weighted by Crippen LogP contribution is 2.64. The predicted molar refractivity (Wildman–Crippen MR) is 56.1 cm³/mol. The van der Waals surface area contributed by atoms with Crippen LogP contribution in [-0.2, 0) is 9.69 Å². The molecule has 0 bridgehead atoms. The predicted octanol–water partition coefficient (Wildman–Crippen LogP) is 2.87. The van der Waals surface area contributed by atoms with Crippen molar-refractivity contribution in [1.29, 1.82) is 0 Å². The molecule has 0 unspecified atom stereocenters. The monoisotopic (exact) mass is 217 g/mol. The van der Waals surface area contributed by atoms with Crippen molar-refractivity contribution >= 4 is 14.1 Å². The van der Waals surface area contributed by atoms with E-state index in [1.807, 2.05) is 27.7 Å². The Kier molecular flexibility index (Phi) is 2.95. The molecular formula is C10H18O3P. The molecule has 1 rings (SSSR count). The van der Waals surface area contributed by atoms with Crippen molar-refractivity contribution in [2.45, 2.75) is 50.8 Å². The van der Waals surface area contributed by atoms with Crippen LogP contribution in [0.15, 0.2) is 0 Å². The minimum atomic E-state index is -1.34. The molecule has 0 aromatic rings. The van der Waals surface area contributed by atoms with E-state index in [4.69, 9.17) is 5.11 Å². The first-order valence-electron chi connectivity index (χ1n) is 4.87. The van der Waals surface area contributed by atoms with Crippen molar-refractivity contribution in [1.82, 2.24) is 0 Å². The molecule has 14 heavy (non-hydrogen) atoms. The van der Waals surface area contributed by atoms with Gasteiger partial charge >= 0.3 is 5.97 Å². The van der Waals surface area contributed by atoms with Gasteiger partial charge in [0.2, 0.25) is 0 Å². The summed E-state index contributed by atoms with van der Waals surface area (Å²) in [7, 11) is -1.34. The van der Waals surface area contributed by atoms with E-state index in [0.29, 0.717) is 12.8 Å². The molecule has 1 aliphatic heterocycles. The van der Waals surface area contributed by atoms with Crippen LogP contribution < -0.4 is 0 Å². The average Bonchev–Trinajstić information content (AvgIpc) is 1.98. The molecule has 1 saturated heterocycles. The van der Waals surface area contributed by atoms with Gasteiger partial charge in [0.05, 0.1) is 14.1 Å². The summed E-state index contributed by atoms with van der Waals surface area (Å²) in [6.45, 7) is 7.62. The van der Waals surface area contributed by atoms with Gasteiger partial charge in [-0.3, -0.25) is 4.79 Å². The number of carbonyl (C=O) groups is 1. The topological polar surface area (TPSA) is 57.2 Å².